The molecule has 0 rings (SSSR count). The molecule has 0 saturated carbocycles. The molecule has 0 aromatic rings. The summed E-state index contributed by atoms with van der Waals surface area (Å²) in [4.78, 5) is 12.4. The van der Waals surface area contributed by atoms with E-state index >= 15 is 0 Å². The van der Waals surface area contributed by atoms with Crippen LogP contribution in [0.2, 0.25) is 0 Å². The minimum absolute atomic E-state index is 0.0890. The predicted octanol–water partition coefficient (Wildman–Crippen LogP) is 13.7. The average molecular weight is 722 g/mol. The van der Waals surface area contributed by atoms with Crippen molar-refractivity contribution < 1.29 is 15.0 Å². The SMILES string of the molecule is CC/C=C\C/C=C\C/C=C\C/C=C\C/C=C\CCCCCCCCCC(=O)NC(CO)C(O)/C=C/CC/C=C/CCCCCCCCCCCCC. The highest BCUT2D eigenvalue weighted by molar-refractivity contribution is 5.76. The van der Waals surface area contributed by atoms with Gasteiger partial charge in [-0.15, -0.1) is 0 Å². The molecule has 52 heavy (non-hydrogen) atoms. The summed E-state index contributed by atoms with van der Waals surface area (Å²) in [6.45, 7) is 4.17. The summed E-state index contributed by atoms with van der Waals surface area (Å²) in [7, 11) is 0. The van der Waals surface area contributed by atoms with E-state index < -0.39 is 12.1 Å². The Hall–Kier alpha value is -2.43. The Balaban J connectivity index is 3.68. The lowest BCUT2D eigenvalue weighted by atomic mass is 10.1. The van der Waals surface area contributed by atoms with Crippen LogP contribution in [-0.4, -0.2) is 34.9 Å². The van der Waals surface area contributed by atoms with E-state index in [0.717, 1.165) is 77.0 Å². The van der Waals surface area contributed by atoms with Gasteiger partial charge >= 0.3 is 0 Å². The molecule has 2 unspecified atom stereocenters. The predicted molar refractivity (Wildman–Crippen MR) is 230 cm³/mol. The molecule has 1 amide bonds. The van der Waals surface area contributed by atoms with Crippen molar-refractivity contribution in [1.29, 1.82) is 0 Å². The van der Waals surface area contributed by atoms with Crippen LogP contribution in [0.4, 0.5) is 0 Å². The first kappa shape index (κ1) is 49.6. The number of allylic oxidation sites excluding steroid dienone is 13. The molecule has 0 aliphatic heterocycles. The molecule has 0 aromatic carbocycles. The fourth-order valence-electron chi connectivity index (χ4n) is 6.04. The van der Waals surface area contributed by atoms with Crippen LogP contribution >= 0.6 is 0 Å². The van der Waals surface area contributed by atoms with Gasteiger partial charge in [-0.05, 0) is 77.0 Å². The van der Waals surface area contributed by atoms with E-state index in [1.807, 2.05) is 6.08 Å². The van der Waals surface area contributed by atoms with Crippen LogP contribution in [0.25, 0.3) is 0 Å². The van der Waals surface area contributed by atoms with E-state index in [1.165, 1.54) is 96.3 Å². The molecule has 298 valence electrons. The third-order valence-corrected chi connectivity index (χ3v) is 9.36. The summed E-state index contributed by atoms with van der Waals surface area (Å²) in [6, 6.07) is -0.650. The van der Waals surface area contributed by atoms with Gasteiger partial charge in [0.1, 0.15) is 0 Å². The standard InChI is InChI=1S/C48H83NO3/c1-3-5-7-9-11-13-15-17-19-21-22-23-24-25-26-28-30-32-34-36-38-40-42-44-48(52)49-46(45-50)47(51)43-41-39-37-35-33-31-29-27-20-18-16-14-12-10-8-6-4-2/h5,7,11,13,17,19,22-23,25-26,33,35,41,43,46-47,50-51H,3-4,6,8-10,12,14-16,18,20-21,24,27-32,34,36-40,42,44-45H2,1-2H3,(H,49,52)/b7-5-,13-11-,19-17-,23-22-,26-25-,35-33+,43-41+. The highest BCUT2D eigenvalue weighted by atomic mass is 16.3. The fraction of sp³-hybridized carbons (Fsp3) is 0.688. The molecule has 0 heterocycles. The van der Waals surface area contributed by atoms with E-state index in [2.05, 4.69) is 92.1 Å². The minimum Gasteiger partial charge on any atom is -0.394 e. The smallest absolute Gasteiger partial charge is 0.220 e. The molecule has 0 radical (unpaired) electrons. The summed E-state index contributed by atoms with van der Waals surface area (Å²) in [5.41, 5.74) is 0. The van der Waals surface area contributed by atoms with Crippen molar-refractivity contribution >= 4 is 5.91 Å². The first-order valence-electron chi connectivity index (χ1n) is 21.8. The highest BCUT2D eigenvalue weighted by Crippen LogP contribution is 2.13. The van der Waals surface area contributed by atoms with Crippen LogP contribution in [0, 0.1) is 0 Å². The minimum atomic E-state index is -0.871. The average Bonchev–Trinajstić information content (AvgIpc) is 3.15. The lowest BCUT2D eigenvalue weighted by Crippen LogP contribution is -2.45. The molecule has 0 spiro atoms. The van der Waals surface area contributed by atoms with Gasteiger partial charge in [0.15, 0.2) is 0 Å². The summed E-state index contributed by atoms with van der Waals surface area (Å²) < 4.78 is 0. The van der Waals surface area contributed by atoms with Gasteiger partial charge in [-0.3, -0.25) is 4.79 Å². The van der Waals surface area contributed by atoms with Gasteiger partial charge in [-0.1, -0.05) is 195 Å². The first-order chi connectivity index (χ1) is 25.7. The number of carbonyl (C=O) groups excluding carboxylic acids is 1. The second-order valence-corrected chi connectivity index (χ2v) is 14.4. The van der Waals surface area contributed by atoms with Crippen molar-refractivity contribution in [2.24, 2.45) is 0 Å². The van der Waals surface area contributed by atoms with E-state index in [0.29, 0.717) is 6.42 Å². The van der Waals surface area contributed by atoms with Gasteiger partial charge in [-0.25, -0.2) is 0 Å². The number of aliphatic hydroxyl groups is 2. The fourth-order valence-corrected chi connectivity index (χ4v) is 6.04. The monoisotopic (exact) mass is 722 g/mol. The third kappa shape index (κ3) is 38.8. The highest BCUT2D eigenvalue weighted by Gasteiger charge is 2.17. The quantitative estimate of drug-likeness (QED) is 0.0439. The molecular formula is C48H83NO3. The second kappa shape index (κ2) is 43.0. The van der Waals surface area contributed by atoms with Crippen molar-refractivity contribution in [2.75, 3.05) is 6.61 Å². The molecule has 0 fully saturated rings. The van der Waals surface area contributed by atoms with Crippen molar-refractivity contribution in [3.05, 3.63) is 85.1 Å². The number of nitrogens with one attached hydrogen (secondary N) is 1. The number of unbranched alkanes of at least 4 members (excludes halogenated alkanes) is 19. The van der Waals surface area contributed by atoms with Crippen molar-refractivity contribution in [3.8, 4) is 0 Å². The van der Waals surface area contributed by atoms with Gasteiger partial charge in [0.25, 0.3) is 0 Å². The van der Waals surface area contributed by atoms with Crippen LogP contribution in [-0.2, 0) is 4.79 Å². The number of amides is 1. The van der Waals surface area contributed by atoms with Gasteiger partial charge in [0.05, 0.1) is 18.8 Å². The molecule has 4 heteroatoms. The van der Waals surface area contributed by atoms with E-state index in [9.17, 15) is 15.0 Å². The zero-order valence-corrected chi connectivity index (χ0v) is 34.0. The maximum atomic E-state index is 12.4. The molecular weight excluding hydrogens is 639 g/mol. The van der Waals surface area contributed by atoms with Gasteiger partial charge in [-0.2, -0.15) is 0 Å². The summed E-state index contributed by atoms with van der Waals surface area (Å²) in [6.07, 6.45) is 62.5. The molecule has 0 aromatic heterocycles. The molecule has 4 nitrogen and oxygen atoms in total. The molecule has 0 bridgehead atoms. The lowest BCUT2D eigenvalue weighted by molar-refractivity contribution is -0.123. The Morgan fingerprint density at radius 2 is 0.865 bits per heavy atom. The van der Waals surface area contributed by atoms with Crippen LogP contribution in [0.5, 0.6) is 0 Å². The van der Waals surface area contributed by atoms with Crippen molar-refractivity contribution in [1.82, 2.24) is 5.32 Å². The summed E-state index contributed by atoms with van der Waals surface area (Å²) >= 11 is 0. The molecule has 2 atom stereocenters. The van der Waals surface area contributed by atoms with Crippen LogP contribution in [0.3, 0.4) is 0 Å². The van der Waals surface area contributed by atoms with Gasteiger partial charge in [0.2, 0.25) is 5.91 Å². The van der Waals surface area contributed by atoms with Gasteiger partial charge < -0.3 is 15.5 Å². The van der Waals surface area contributed by atoms with Crippen LogP contribution < -0.4 is 5.32 Å². The van der Waals surface area contributed by atoms with E-state index in [4.69, 9.17) is 0 Å². The Morgan fingerprint density at radius 3 is 1.35 bits per heavy atom. The maximum Gasteiger partial charge on any atom is 0.220 e. The zero-order valence-electron chi connectivity index (χ0n) is 34.0. The second-order valence-electron chi connectivity index (χ2n) is 14.4. The Labute approximate surface area is 322 Å². The number of rotatable bonds is 38. The number of hydrogen-bond donors (Lipinski definition) is 3. The number of aliphatic hydroxyl groups excluding tert-OH is 2. The zero-order chi connectivity index (χ0) is 37.8. The van der Waals surface area contributed by atoms with Crippen LogP contribution in [0.1, 0.15) is 194 Å². The molecule has 0 saturated heterocycles. The largest absolute Gasteiger partial charge is 0.394 e. The number of hydrogen-bond acceptors (Lipinski definition) is 3. The maximum absolute atomic E-state index is 12.4. The Kier molecular flexibility index (Phi) is 41.0. The molecule has 3 N–H and O–H groups in total. The lowest BCUT2D eigenvalue weighted by Gasteiger charge is -2.19. The summed E-state index contributed by atoms with van der Waals surface area (Å²) in [5, 5.41) is 23.0. The normalized spacial score (nSPS) is 13.8. The van der Waals surface area contributed by atoms with E-state index in [1.54, 1.807) is 6.08 Å². The van der Waals surface area contributed by atoms with Crippen molar-refractivity contribution in [2.45, 2.75) is 206 Å². The third-order valence-electron chi connectivity index (χ3n) is 9.36. The van der Waals surface area contributed by atoms with Crippen LogP contribution in [0.15, 0.2) is 85.1 Å². The number of carbonyl (C=O) groups is 1. The molecule has 0 aliphatic rings. The summed E-state index contributed by atoms with van der Waals surface area (Å²) in [5.74, 6) is -0.0890. The Bertz CT molecular complexity index is 957. The van der Waals surface area contributed by atoms with E-state index in [-0.39, 0.29) is 12.5 Å². The Morgan fingerprint density at radius 1 is 0.481 bits per heavy atom. The van der Waals surface area contributed by atoms with Crippen molar-refractivity contribution in [3.63, 3.8) is 0 Å². The molecule has 0 aliphatic carbocycles. The first-order valence-corrected chi connectivity index (χ1v) is 21.8. The topological polar surface area (TPSA) is 69.6 Å². The van der Waals surface area contributed by atoms with Gasteiger partial charge in [0, 0.05) is 6.42 Å².